The number of guanidine groups is 1. The van der Waals surface area contributed by atoms with Crippen LogP contribution in [0.15, 0.2) is 59.6 Å². The molecule has 25 heavy (non-hydrogen) atoms. The Morgan fingerprint density at radius 1 is 1.04 bits per heavy atom. The number of ether oxygens (including phenoxy) is 2. The van der Waals surface area contributed by atoms with E-state index < -0.39 is 0 Å². The van der Waals surface area contributed by atoms with Gasteiger partial charge in [0, 0.05) is 13.1 Å². The van der Waals surface area contributed by atoms with Crippen molar-refractivity contribution in [2.45, 2.75) is 13.2 Å². The third-order valence-electron chi connectivity index (χ3n) is 3.90. The molecule has 2 aromatic carbocycles. The van der Waals surface area contributed by atoms with E-state index >= 15 is 0 Å². The quantitative estimate of drug-likeness (QED) is 0.430. The molecule has 0 aromatic heterocycles. The van der Waals surface area contributed by atoms with Crippen LogP contribution in [-0.4, -0.2) is 37.2 Å². The number of nitrogens with two attached hydrogens (primary N) is 1. The number of rotatable bonds is 5. The van der Waals surface area contributed by atoms with Crippen molar-refractivity contribution in [2.75, 3.05) is 26.3 Å². The van der Waals surface area contributed by atoms with Crippen LogP contribution in [0.2, 0.25) is 0 Å². The third kappa shape index (κ3) is 6.21. The lowest BCUT2D eigenvalue weighted by Crippen LogP contribution is -2.44. The molecular formula is C19H24IN3O2. The number of hydrogen-bond donors (Lipinski definition) is 1. The van der Waals surface area contributed by atoms with Crippen molar-refractivity contribution in [3.63, 3.8) is 0 Å². The van der Waals surface area contributed by atoms with E-state index in [1.165, 1.54) is 0 Å². The van der Waals surface area contributed by atoms with Gasteiger partial charge in [-0.25, -0.2) is 4.99 Å². The minimum absolute atomic E-state index is 0. The molecule has 1 aliphatic heterocycles. The van der Waals surface area contributed by atoms with E-state index in [0.29, 0.717) is 32.3 Å². The zero-order valence-electron chi connectivity index (χ0n) is 14.1. The highest BCUT2D eigenvalue weighted by Gasteiger charge is 2.11. The van der Waals surface area contributed by atoms with E-state index in [9.17, 15) is 0 Å². The molecule has 0 amide bonds. The fraction of sp³-hybridized carbons (Fsp3) is 0.316. The highest BCUT2D eigenvalue weighted by Crippen LogP contribution is 2.13. The molecule has 0 aliphatic carbocycles. The normalized spacial score (nSPS) is 14.7. The van der Waals surface area contributed by atoms with Crippen LogP contribution in [0.3, 0.4) is 0 Å². The first kappa shape index (κ1) is 19.5. The Kier molecular flexibility index (Phi) is 8.00. The van der Waals surface area contributed by atoms with Crippen molar-refractivity contribution in [1.82, 2.24) is 4.90 Å². The highest BCUT2D eigenvalue weighted by molar-refractivity contribution is 14.0. The molecule has 5 nitrogen and oxygen atoms in total. The van der Waals surface area contributed by atoms with Crippen LogP contribution in [0.4, 0.5) is 0 Å². The molecule has 1 aliphatic rings. The first-order valence-corrected chi connectivity index (χ1v) is 8.19. The zero-order chi connectivity index (χ0) is 16.6. The van der Waals surface area contributed by atoms with Gasteiger partial charge in [0.1, 0.15) is 12.4 Å². The summed E-state index contributed by atoms with van der Waals surface area (Å²) < 4.78 is 11.1. The summed E-state index contributed by atoms with van der Waals surface area (Å²) in [5, 5.41) is 0. The van der Waals surface area contributed by atoms with E-state index in [0.717, 1.165) is 30.0 Å². The van der Waals surface area contributed by atoms with Gasteiger partial charge in [0.05, 0.1) is 19.8 Å². The van der Waals surface area contributed by atoms with E-state index in [-0.39, 0.29) is 24.0 Å². The van der Waals surface area contributed by atoms with Gasteiger partial charge in [-0.15, -0.1) is 24.0 Å². The summed E-state index contributed by atoms with van der Waals surface area (Å²) in [5.41, 5.74) is 8.31. The monoisotopic (exact) mass is 453 g/mol. The van der Waals surface area contributed by atoms with Gasteiger partial charge in [-0.05, 0) is 23.3 Å². The molecule has 0 radical (unpaired) electrons. The maximum absolute atomic E-state index is 6.06. The van der Waals surface area contributed by atoms with Crippen LogP contribution in [0.1, 0.15) is 11.1 Å². The summed E-state index contributed by atoms with van der Waals surface area (Å²) in [6, 6.07) is 18.1. The predicted octanol–water partition coefficient (Wildman–Crippen LogP) is 3.03. The predicted molar refractivity (Wildman–Crippen MR) is 110 cm³/mol. The third-order valence-corrected chi connectivity index (χ3v) is 3.90. The van der Waals surface area contributed by atoms with Crippen LogP contribution >= 0.6 is 24.0 Å². The Hall–Kier alpha value is -1.80. The Labute approximate surface area is 165 Å². The highest BCUT2D eigenvalue weighted by atomic mass is 127. The second kappa shape index (κ2) is 10.2. The summed E-state index contributed by atoms with van der Waals surface area (Å²) in [5.74, 6) is 1.46. The van der Waals surface area contributed by atoms with E-state index in [1.54, 1.807) is 0 Å². The van der Waals surface area contributed by atoms with Crippen molar-refractivity contribution in [3.05, 3.63) is 65.7 Å². The summed E-state index contributed by atoms with van der Waals surface area (Å²) >= 11 is 0. The summed E-state index contributed by atoms with van der Waals surface area (Å²) in [4.78, 5) is 6.56. The van der Waals surface area contributed by atoms with Gasteiger partial charge in [0.2, 0.25) is 0 Å². The van der Waals surface area contributed by atoms with E-state index in [1.807, 2.05) is 36.4 Å². The van der Waals surface area contributed by atoms with Gasteiger partial charge >= 0.3 is 0 Å². The Morgan fingerprint density at radius 2 is 1.76 bits per heavy atom. The fourth-order valence-electron chi connectivity index (χ4n) is 2.57. The molecule has 0 spiro atoms. The lowest BCUT2D eigenvalue weighted by Gasteiger charge is -2.27. The van der Waals surface area contributed by atoms with Crippen LogP contribution in [0.5, 0.6) is 5.75 Å². The number of morpholine rings is 1. The minimum atomic E-state index is 0. The second-order valence-corrected chi connectivity index (χ2v) is 5.70. The van der Waals surface area contributed by atoms with Gasteiger partial charge in [0.15, 0.2) is 5.96 Å². The topological polar surface area (TPSA) is 60.1 Å². The number of aliphatic imine (C=N–C) groups is 1. The SMILES string of the molecule is I.NC(=NCc1cccc(COc2ccccc2)c1)N1CCOCC1. The minimum Gasteiger partial charge on any atom is -0.489 e. The molecule has 1 fully saturated rings. The van der Waals surface area contributed by atoms with Crippen LogP contribution < -0.4 is 10.5 Å². The smallest absolute Gasteiger partial charge is 0.191 e. The molecule has 2 aromatic rings. The largest absolute Gasteiger partial charge is 0.489 e. The Balaban J connectivity index is 0.00000225. The average Bonchev–Trinajstić information content (AvgIpc) is 2.66. The van der Waals surface area contributed by atoms with Gasteiger partial charge in [-0.2, -0.15) is 0 Å². The molecule has 0 bridgehead atoms. The molecule has 2 N–H and O–H groups in total. The Bertz CT molecular complexity index is 673. The molecule has 0 atom stereocenters. The maximum atomic E-state index is 6.06. The van der Waals surface area contributed by atoms with Crippen LogP contribution in [0, 0.1) is 0 Å². The number of para-hydroxylation sites is 1. The first-order chi connectivity index (χ1) is 11.8. The van der Waals surface area contributed by atoms with Gasteiger partial charge in [-0.3, -0.25) is 0 Å². The molecule has 3 rings (SSSR count). The molecule has 0 saturated carbocycles. The average molecular weight is 453 g/mol. The zero-order valence-corrected chi connectivity index (χ0v) is 16.5. The summed E-state index contributed by atoms with van der Waals surface area (Å²) in [7, 11) is 0. The fourth-order valence-corrected chi connectivity index (χ4v) is 2.57. The van der Waals surface area contributed by atoms with E-state index in [4.69, 9.17) is 15.2 Å². The number of halogens is 1. The lowest BCUT2D eigenvalue weighted by atomic mass is 10.1. The standard InChI is InChI=1S/C19H23N3O2.HI/c20-19(22-9-11-23-12-10-22)21-14-16-5-4-6-17(13-16)15-24-18-7-2-1-3-8-18;/h1-8,13H,9-12,14-15H2,(H2,20,21);1H. The molecule has 134 valence electrons. The summed E-state index contributed by atoms with van der Waals surface area (Å²) in [6.45, 7) is 4.15. The number of benzene rings is 2. The van der Waals surface area contributed by atoms with Crippen LogP contribution in [-0.2, 0) is 17.9 Å². The van der Waals surface area contributed by atoms with Crippen LogP contribution in [0.25, 0.3) is 0 Å². The van der Waals surface area contributed by atoms with E-state index in [2.05, 4.69) is 28.1 Å². The van der Waals surface area contributed by atoms with Crippen molar-refractivity contribution < 1.29 is 9.47 Å². The van der Waals surface area contributed by atoms with Gasteiger partial charge in [0.25, 0.3) is 0 Å². The molecule has 0 unspecified atom stereocenters. The Morgan fingerprint density at radius 3 is 2.52 bits per heavy atom. The second-order valence-electron chi connectivity index (χ2n) is 5.70. The molecular weight excluding hydrogens is 429 g/mol. The molecule has 6 heteroatoms. The molecule has 1 heterocycles. The van der Waals surface area contributed by atoms with Crippen molar-refractivity contribution in [1.29, 1.82) is 0 Å². The first-order valence-electron chi connectivity index (χ1n) is 8.19. The summed E-state index contributed by atoms with van der Waals surface area (Å²) in [6.07, 6.45) is 0. The van der Waals surface area contributed by atoms with Crippen molar-refractivity contribution in [3.8, 4) is 5.75 Å². The van der Waals surface area contributed by atoms with Crippen molar-refractivity contribution in [2.24, 2.45) is 10.7 Å². The molecule has 1 saturated heterocycles. The van der Waals surface area contributed by atoms with Crippen molar-refractivity contribution >= 4 is 29.9 Å². The maximum Gasteiger partial charge on any atom is 0.191 e. The van der Waals surface area contributed by atoms with Gasteiger partial charge < -0.3 is 20.1 Å². The number of nitrogens with zero attached hydrogens (tertiary/aromatic N) is 2. The van der Waals surface area contributed by atoms with Gasteiger partial charge in [-0.1, -0.05) is 42.5 Å². The number of hydrogen-bond acceptors (Lipinski definition) is 3. The lowest BCUT2D eigenvalue weighted by molar-refractivity contribution is 0.0674.